The lowest BCUT2D eigenvalue weighted by atomic mass is 9.78. The number of carbonyl (C=O) groups is 1. The first-order valence-electron chi connectivity index (χ1n) is 10.8. The van der Waals surface area contributed by atoms with Crippen molar-refractivity contribution in [1.82, 2.24) is 0 Å². The van der Waals surface area contributed by atoms with E-state index in [0.717, 1.165) is 11.1 Å². The summed E-state index contributed by atoms with van der Waals surface area (Å²) in [6.45, 7) is 6.07. The molecule has 2 aromatic carbocycles. The van der Waals surface area contributed by atoms with Crippen LogP contribution in [0.1, 0.15) is 31.4 Å². The Kier molecular flexibility index (Phi) is 8.17. The fraction of sp³-hybridized carbons (Fsp3) is 0.296. The number of amides is 1. The van der Waals surface area contributed by atoms with Crippen molar-refractivity contribution in [1.29, 1.82) is 0 Å². The number of hydrogen-bond acceptors (Lipinski definition) is 3. The Morgan fingerprint density at radius 1 is 1.06 bits per heavy atom. The van der Waals surface area contributed by atoms with Crippen LogP contribution in [-0.2, 0) is 14.3 Å². The molecule has 4 nitrogen and oxygen atoms in total. The zero-order valence-corrected chi connectivity index (χ0v) is 19.1. The number of ether oxygens (including phenoxy) is 2. The molecule has 6 heteroatoms. The first-order valence-corrected chi connectivity index (χ1v) is 10.8. The molecule has 0 N–H and O–H groups in total. The van der Waals surface area contributed by atoms with Gasteiger partial charge in [-0.15, -0.1) is 0 Å². The molecule has 1 fully saturated rings. The molecule has 33 heavy (non-hydrogen) atoms. The monoisotopic (exact) mass is 453 g/mol. The van der Waals surface area contributed by atoms with Gasteiger partial charge in [-0.2, -0.15) is 0 Å². The number of anilines is 1. The Balaban J connectivity index is 1.80. The van der Waals surface area contributed by atoms with Crippen molar-refractivity contribution in [2.75, 3.05) is 19.1 Å². The molecule has 1 amide bonds. The number of β-lactam (4-membered cyclic amide) rings is 1. The summed E-state index contributed by atoms with van der Waals surface area (Å²) < 4.78 is 37.6. The lowest BCUT2D eigenvalue weighted by molar-refractivity contribution is -0.129. The highest BCUT2D eigenvalue weighted by Gasteiger charge is 2.48. The number of rotatable bonds is 10. The van der Waals surface area contributed by atoms with Crippen LogP contribution in [0.25, 0.3) is 0 Å². The maximum atomic E-state index is 13.4. The van der Waals surface area contributed by atoms with Gasteiger partial charge in [0.2, 0.25) is 5.91 Å². The molecule has 1 heterocycles. The van der Waals surface area contributed by atoms with Crippen LogP contribution >= 0.6 is 0 Å². The van der Waals surface area contributed by atoms with Gasteiger partial charge in [0.25, 0.3) is 0 Å². The van der Waals surface area contributed by atoms with Crippen LogP contribution < -0.4 is 4.90 Å². The zero-order valence-electron chi connectivity index (χ0n) is 19.1. The Hall–Kier alpha value is -3.25. The second kappa shape index (κ2) is 11.1. The Morgan fingerprint density at radius 3 is 2.21 bits per heavy atom. The molecule has 2 aromatic rings. The number of carbonyl (C=O) groups excluding carboxylic acids is 1. The van der Waals surface area contributed by atoms with Gasteiger partial charge in [-0.05, 0) is 79.5 Å². The largest absolute Gasteiger partial charge is 0.497 e. The van der Waals surface area contributed by atoms with E-state index in [1.807, 2.05) is 25.2 Å². The SMILES string of the molecule is C=C(C=CC(=CC)OC)C1C(CCC(OC)c2ccc(F)cc2)C(=O)N1c1ccc(F)cc1. The van der Waals surface area contributed by atoms with E-state index in [2.05, 4.69) is 6.58 Å². The third-order valence-corrected chi connectivity index (χ3v) is 5.95. The molecule has 1 saturated heterocycles. The molecule has 3 rings (SSSR count). The molecule has 0 radical (unpaired) electrons. The topological polar surface area (TPSA) is 38.8 Å². The van der Waals surface area contributed by atoms with E-state index in [0.29, 0.717) is 24.3 Å². The summed E-state index contributed by atoms with van der Waals surface area (Å²) >= 11 is 0. The van der Waals surface area contributed by atoms with Gasteiger partial charge in [0.15, 0.2) is 0 Å². The third-order valence-electron chi connectivity index (χ3n) is 5.95. The van der Waals surface area contributed by atoms with E-state index in [1.165, 1.54) is 24.3 Å². The van der Waals surface area contributed by atoms with Gasteiger partial charge in [-0.1, -0.05) is 24.8 Å². The maximum absolute atomic E-state index is 13.4. The van der Waals surface area contributed by atoms with Crippen molar-refractivity contribution in [2.45, 2.75) is 31.9 Å². The van der Waals surface area contributed by atoms with Crippen molar-refractivity contribution in [3.8, 4) is 0 Å². The summed E-state index contributed by atoms with van der Waals surface area (Å²) in [5.41, 5.74) is 2.22. The number of benzene rings is 2. The quantitative estimate of drug-likeness (QED) is 0.247. The average Bonchev–Trinajstić information content (AvgIpc) is 2.82. The minimum absolute atomic E-state index is 0.0480. The summed E-state index contributed by atoms with van der Waals surface area (Å²) in [5.74, 6) is -0.339. The van der Waals surface area contributed by atoms with E-state index in [1.54, 1.807) is 43.4 Å². The minimum Gasteiger partial charge on any atom is -0.497 e. The fourth-order valence-electron chi connectivity index (χ4n) is 4.14. The van der Waals surface area contributed by atoms with Crippen LogP contribution in [-0.4, -0.2) is 26.2 Å². The van der Waals surface area contributed by atoms with Gasteiger partial charge in [0, 0.05) is 12.8 Å². The number of halogens is 2. The summed E-state index contributed by atoms with van der Waals surface area (Å²) in [5, 5.41) is 0. The highest BCUT2D eigenvalue weighted by molar-refractivity contribution is 6.04. The van der Waals surface area contributed by atoms with Gasteiger partial charge in [-0.3, -0.25) is 4.79 Å². The van der Waals surface area contributed by atoms with Gasteiger partial charge in [0.1, 0.15) is 17.4 Å². The Bertz CT molecular complexity index is 1030. The van der Waals surface area contributed by atoms with Crippen molar-refractivity contribution in [3.05, 3.63) is 102 Å². The van der Waals surface area contributed by atoms with Crippen LogP contribution in [0, 0.1) is 17.6 Å². The second-order valence-corrected chi connectivity index (χ2v) is 7.89. The number of allylic oxidation sites excluding steroid dienone is 2. The van der Waals surface area contributed by atoms with Crippen LogP contribution in [0.3, 0.4) is 0 Å². The summed E-state index contributed by atoms with van der Waals surface area (Å²) in [4.78, 5) is 14.8. The molecule has 0 bridgehead atoms. The lowest BCUT2D eigenvalue weighted by Crippen LogP contribution is -2.61. The second-order valence-electron chi connectivity index (χ2n) is 7.89. The van der Waals surface area contributed by atoms with Crippen molar-refractivity contribution in [2.24, 2.45) is 5.92 Å². The van der Waals surface area contributed by atoms with Crippen molar-refractivity contribution < 1.29 is 23.0 Å². The van der Waals surface area contributed by atoms with E-state index in [9.17, 15) is 13.6 Å². The highest BCUT2D eigenvalue weighted by atomic mass is 19.1. The van der Waals surface area contributed by atoms with Gasteiger partial charge in [-0.25, -0.2) is 8.78 Å². The predicted octanol–water partition coefficient (Wildman–Crippen LogP) is 6.13. The molecule has 0 aromatic heterocycles. The first kappa shape index (κ1) is 24.4. The maximum Gasteiger partial charge on any atom is 0.233 e. The van der Waals surface area contributed by atoms with Gasteiger partial charge in [0.05, 0.1) is 25.2 Å². The van der Waals surface area contributed by atoms with Crippen molar-refractivity contribution >= 4 is 11.6 Å². The molecule has 3 atom stereocenters. The smallest absolute Gasteiger partial charge is 0.233 e. The molecule has 3 unspecified atom stereocenters. The number of nitrogens with zero attached hydrogens (tertiary/aromatic N) is 1. The molecule has 174 valence electrons. The van der Waals surface area contributed by atoms with Crippen LogP contribution in [0.15, 0.2) is 84.7 Å². The number of methoxy groups -OCH3 is 2. The molecule has 0 saturated carbocycles. The fourth-order valence-corrected chi connectivity index (χ4v) is 4.14. The summed E-state index contributed by atoms with van der Waals surface area (Å²) in [6.07, 6.45) is 6.36. The van der Waals surface area contributed by atoms with Crippen LogP contribution in [0.2, 0.25) is 0 Å². The van der Waals surface area contributed by atoms with E-state index in [-0.39, 0.29) is 35.6 Å². The lowest BCUT2D eigenvalue weighted by Gasteiger charge is -2.48. The zero-order chi connectivity index (χ0) is 24.0. The average molecular weight is 454 g/mol. The molecule has 1 aliphatic rings. The Morgan fingerprint density at radius 2 is 1.67 bits per heavy atom. The Labute approximate surface area is 193 Å². The summed E-state index contributed by atoms with van der Waals surface area (Å²) in [7, 11) is 3.19. The minimum atomic E-state index is -0.362. The molecular formula is C27H29F2NO3. The highest BCUT2D eigenvalue weighted by Crippen LogP contribution is 2.40. The molecule has 1 aliphatic heterocycles. The molecule has 0 aliphatic carbocycles. The summed E-state index contributed by atoms with van der Waals surface area (Å²) in [6, 6.07) is 11.8. The van der Waals surface area contributed by atoms with Crippen LogP contribution in [0.4, 0.5) is 14.5 Å². The van der Waals surface area contributed by atoms with Crippen LogP contribution in [0.5, 0.6) is 0 Å². The number of hydrogen-bond donors (Lipinski definition) is 0. The van der Waals surface area contributed by atoms with Gasteiger partial charge < -0.3 is 14.4 Å². The first-order chi connectivity index (χ1) is 15.9. The molecular weight excluding hydrogens is 424 g/mol. The normalized spacial score (nSPS) is 19.5. The molecule has 0 spiro atoms. The third kappa shape index (κ3) is 5.57. The van der Waals surface area contributed by atoms with E-state index in [4.69, 9.17) is 9.47 Å². The predicted molar refractivity (Wildman–Crippen MR) is 126 cm³/mol. The van der Waals surface area contributed by atoms with E-state index < -0.39 is 0 Å². The van der Waals surface area contributed by atoms with Gasteiger partial charge >= 0.3 is 0 Å². The van der Waals surface area contributed by atoms with E-state index >= 15 is 0 Å². The standard InChI is InChI=1S/C27H29F2NO3/c1-5-23(32-3)15-6-18(2)26-24(27(31)30(26)22-13-11-21(29)12-14-22)16-17-25(33-4)19-7-9-20(28)10-8-19/h5-15,24-26H,2,16-17H2,1,3-4H3. The van der Waals surface area contributed by atoms with Crippen molar-refractivity contribution in [3.63, 3.8) is 0 Å².